The highest BCUT2D eigenvalue weighted by atomic mass is 16.4. The minimum Gasteiger partial charge on any atom is -0.481 e. The first-order valence-electron chi connectivity index (χ1n) is 7.35. The molecule has 0 bridgehead atoms. The predicted octanol–water partition coefficient (Wildman–Crippen LogP) is 4.96. The molecule has 3 aromatic rings. The SMILES string of the molecule is CCCC(C(=O)O)c1c2ccccc2cc2ccccc12. The van der Waals surface area contributed by atoms with Gasteiger partial charge in [0.05, 0.1) is 5.92 Å². The third kappa shape index (κ3) is 2.38. The van der Waals surface area contributed by atoms with Gasteiger partial charge in [0.25, 0.3) is 0 Å². The van der Waals surface area contributed by atoms with Crippen molar-refractivity contribution in [3.05, 3.63) is 60.2 Å². The Hall–Kier alpha value is -2.35. The van der Waals surface area contributed by atoms with Gasteiger partial charge in [-0.25, -0.2) is 0 Å². The van der Waals surface area contributed by atoms with E-state index < -0.39 is 11.9 Å². The van der Waals surface area contributed by atoms with Crippen molar-refractivity contribution in [1.29, 1.82) is 0 Å². The lowest BCUT2D eigenvalue weighted by Crippen LogP contribution is -2.12. The number of hydrogen-bond donors (Lipinski definition) is 1. The van der Waals surface area contributed by atoms with Gasteiger partial charge in [-0.3, -0.25) is 4.79 Å². The van der Waals surface area contributed by atoms with Crippen molar-refractivity contribution >= 4 is 27.5 Å². The Morgan fingerprint density at radius 2 is 1.52 bits per heavy atom. The number of aliphatic carboxylic acids is 1. The van der Waals surface area contributed by atoms with Crippen molar-refractivity contribution in [2.24, 2.45) is 0 Å². The molecule has 1 atom stereocenters. The second kappa shape index (κ2) is 5.57. The standard InChI is InChI=1S/C19H18O2/c1-2-7-17(19(20)21)18-15-10-5-3-8-13(15)12-14-9-4-6-11-16(14)18/h3-6,8-12,17H,2,7H2,1H3,(H,20,21). The lowest BCUT2D eigenvalue weighted by molar-refractivity contribution is -0.138. The van der Waals surface area contributed by atoms with Crippen molar-refractivity contribution in [1.82, 2.24) is 0 Å². The Labute approximate surface area is 124 Å². The minimum atomic E-state index is -0.738. The van der Waals surface area contributed by atoms with Crippen LogP contribution in [0.1, 0.15) is 31.2 Å². The van der Waals surface area contributed by atoms with E-state index in [1.165, 1.54) is 0 Å². The summed E-state index contributed by atoms with van der Waals surface area (Å²) < 4.78 is 0. The van der Waals surface area contributed by atoms with E-state index in [1.54, 1.807) is 0 Å². The summed E-state index contributed by atoms with van der Waals surface area (Å²) in [6.45, 7) is 2.03. The Morgan fingerprint density at radius 3 is 2.00 bits per heavy atom. The maximum absolute atomic E-state index is 11.8. The fourth-order valence-electron chi connectivity index (χ4n) is 3.10. The molecule has 0 spiro atoms. The second-order valence-electron chi connectivity index (χ2n) is 5.41. The molecule has 1 unspecified atom stereocenters. The van der Waals surface area contributed by atoms with E-state index in [0.29, 0.717) is 6.42 Å². The molecule has 0 saturated carbocycles. The molecule has 0 aromatic heterocycles. The van der Waals surface area contributed by atoms with Crippen LogP contribution in [-0.2, 0) is 4.79 Å². The number of benzene rings is 3. The van der Waals surface area contributed by atoms with Gasteiger partial charge in [0, 0.05) is 0 Å². The maximum atomic E-state index is 11.8. The molecule has 0 heterocycles. The highest BCUT2D eigenvalue weighted by Crippen LogP contribution is 2.35. The minimum absolute atomic E-state index is 0.453. The summed E-state index contributed by atoms with van der Waals surface area (Å²) in [5.41, 5.74) is 0.957. The third-order valence-corrected chi connectivity index (χ3v) is 4.04. The number of hydrogen-bond acceptors (Lipinski definition) is 1. The monoisotopic (exact) mass is 278 g/mol. The van der Waals surface area contributed by atoms with Gasteiger partial charge in [0.2, 0.25) is 0 Å². The highest BCUT2D eigenvalue weighted by molar-refractivity contribution is 6.05. The van der Waals surface area contributed by atoms with Gasteiger partial charge in [0.15, 0.2) is 0 Å². The second-order valence-corrected chi connectivity index (χ2v) is 5.41. The van der Waals surface area contributed by atoms with Crippen molar-refractivity contribution in [2.75, 3.05) is 0 Å². The van der Waals surface area contributed by atoms with Crippen molar-refractivity contribution < 1.29 is 9.90 Å². The number of carboxylic acids is 1. The predicted molar refractivity (Wildman–Crippen MR) is 86.7 cm³/mol. The lowest BCUT2D eigenvalue weighted by Gasteiger charge is -2.17. The lowest BCUT2D eigenvalue weighted by atomic mass is 9.86. The molecular formula is C19H18O2. The van der Waals surface area contributed by atoms with E-state index in [2.05, 4.69) is 18.2 Å². The molecule has 0 aliphatic heterocycles. The van der Waals surface area contributed by atoms with Crippen molar-refractivity contribution in [3.63, 3.8) is 0 Å². The fourth-order valence-corrected chi connectivity index (χ4v) is 3.10. The summed E-state index contributed by atoms with van der Waals surface area (Å²) in [6.07, 6.45) is 1.52. The van der Waals surface area contributed by atoms with E-state index in [9.17, 15) is 9.90 Å². The van der Waals surface area contributed by atoms with Gasteiger partial charge in [-0.05, 0) is 39.6 Å². The van der Waals surface area contributed by atoms with E-state index in [4.69, 9.17) is 0 Å². The Balaban J connectivity index is 2.41. The van der Waals surface area contributed by atoms with Gasteiger partial charge >= 0.3 is 5.97 Å². The van der Waals surface area contributed by atoms with Gasteiger partial charge in [-0.2, -0.15) is 0 Å². The molecule has 21 heavy (non-hydrogen) atoms. The molecule has 0 amide bonds. The summed E-state index contributed by atoms with van der Waals surface area (Å²) in [7, 11) is 0. The Bertz CT molecular complexity index is 751. The van der Waals surface area contributed by atoms with Crippen LogP contribution in [0.2, 0.25) is 0 Å². The first-order valence-corrected chi connectivity index (χ1v) is 7.35. The average molecular weight is 278 g/mol. The van der Waals surface area contributed by atoms with Crippen LogP contribution in [0.4, 0.5) is 0 Å². The number of carbonyl (C=O) groups is 1. The van der Waals surface area contributed by atoms with Crippen LogP contribution in [-0.4, -0.2) is 11.1 Å². The average Bonchev–Trinajstić information content (AvgIpc) is 2.50. The zero-order valence-corrected chi connectivity index (χ0v) is 12.0. The molecule has 106 valence electrons. The molecule has 0 saturated heterocycles. The normalized spacial score (nSPS) is 12.6. The zero-order valence-electron chi connectivity index (χ0n) is 12.0. The number of carboxylic acid groups (broad SMARTS) is 1. The van der Waals surface area contributed by atoms with Gasteiger partial charge in [-0.15, -0.1) is 0 Å². The number of fused-ring (bicyclic) bond motifs is 2. The molecular weight excluding hydrogens is 260 g/mol. The zero-order chi connectivity index (χ0) is 14.8. The third-order valence-electron chi connectivity index (χ3n) is 4.04. The highest BCUT2D eigenvalue weighted by Gasteiger charge is 2.23. The molecule has 0 aliphatic rings. The van der Waals surface area contributed by atoms with E-state index >= 15 is 0 Å². The van der Waals surface area contributed by atoms with E-state index in [0.717, 1.165) is 33.5 Å². The molecule has 0 aliphatic carbocycles. The quantitative estimate of drug-likeness (QED) is 0.685. The Kier molecular flexibility index (Phi) is 3.61. The molecule has 0 fully saturated rings. The molecule has 3 rings (SSSR count). The molecule has 3 aromatic carbocycles. The smallest absolute Gasteiger partial charge is 0.311 e. The van der Waals surface area contributed by atoms with Gasteiger partial charge < -0.3 is 5.11 Å². The van der Waals surface area contributed by atoms with Crippen LogP contribution in [0.15, 0.2) is 54.6 Å². The van der Waals surface area contributed by atoms with Crippen LogP contribution < -0.4 is 0 Å². The summed E-state index contributed by atoms with van der Waals surface area (Å²) in [4.78, 5) is 11.8. The maximum Gasteiger partial charge on any atom is 0.311 e. The van der Waals surface area contributed by atoms with E-state index in [-0.39, 0.29) is 0 Å². The first kappa shape index (κ1) is 13.6. The molecule has 2 heteroatoms. The van der Waals surface area contributed by atoms with Crippen LogP contribution in [0, 0.1) is 0 Å². The molecule has 0 radical (unpaired) electrons. The summed E-state index contributed by atoms with van der Waals surface area (Å²) in [5, 5.41) is 14.0. The largest absolute Gasteiger partial charge is 0.481 e. The van der Waals surface area contributed by atoms with Crippen LogP contribution in [0.3, 0.4) is 0 Å². The fraction of sp³-hybridized carbons (Fsp3) is 0.211. The van der Waals surface area contributed by atoms with Crippen molar-refractivity contribution in [3.8, 4) is 0 Å². The first-order chi connectivity index (χ1) is 10.2. The number of rotatable bonds is 4. The Morgan fingerprint density at radius 1 is 1.00 bits per heavy atom. The van der Waals surface area contributed by atoms with Gasteiger partial charge in [0.1, 0.15) is 0 Å². The van der Waals surface area contributed by atoms with Crippen LogP contribution in [0.5, 0.6) is 0 Å². The van der Waals surface area contributed by atoms with Crippen LogP contribution in [0.25, 0.3) is 21.5 Å². The van der Waals surface area contributed by atoms with Gasteiger partial charge in [-0.1, -0.05) is 61.9 Å². The van der Waals surface area contributed by atoms with E-state index in [1.807, 2.05) is 43.3 Å². The molecule has 1 N–H and O–H groups in total. The summed E-state index contributed by atoms with van der Waals surface area (Å²) in [5.74, 6) is -1.19. The topological polar surface area (TPSA) is 37.3 Å². The van der Waals surface area contributed by atoms with Crippen molar-refractivity contribution in [2.45, 2.75) is 25.7 Å². The molecule has 2 nitrogen and oxygen atoms in total. The summed E-state index contributed by atoms with van der Waals surface area (Å²) >= 11 is 0. The van der Waals surface area contributed by atoms with Crippen LogP contribution >= 0.6 is 0 Å². The summed E-state index contributed by atoms with van der Waals surface area (Å²) in [6, 6.07) is 18.3.